The molecule has 38 heavy (non-hydrogen) atoms. The lowest BCUT2D eigenvalue weighted by molar-refractivity contribution is 0.0613. The van der Waals surface area contributed by atoms with Crippen LogP contribution < -0.4 is 20.5 Å². The van der Waals surface area contributed by atoms with E-state index in [1.54, 1.807) is 20.4 Å². The number of nitrogens with two attached hydrogens (primary N) is 1. The molecule has 2 atom stereocenters. The van der Waals surface area contributed by atoms with Gasteiger partial charge < -0.3 is 30.4 Å². The number of nitrogen functional groups attached to an aromatic ring is 1. The van der Waals surface area contributed by atoms with Gasteiger partial charge in [-0.25, -0.2) is 4.98 Å². The molecule has 1 saturated carbocycles. The van der Waals surface area contributed by atoms with E-state index in [1.807, 2.05) is 65.6 Å². The number of benzene rings is 2. The third-order valence-corrected chi connectivity index (χ3v) is 7.70. The van der Waals surface area contributed by atoms with E-state index in [9.17, 15) is 4.79 Å². The Morgan fingerprint density at radius 3 is 2.68 bits per heavy atom. The first kappa shape index (κ1) is 23.9. The van der Waals surface area contributed by atoms with Crippen LogP contribution in [0.15, 0.2) is 66.9 Å². The molecule has 1 aliphatic carbocycles. The average Bonchev–Trinajstić information content (AvgIpc) is 3.57. The van der Waals surface area contributed by atoms with Crippen molar-refractivity contribution < 1.29 is 14.3 Å². The van der Waals surface area contributed by atoms with Crippen LogP contribution in [0.1, 0.15) is 46.8 Å². The molecule has 1 fully saturated rings. The topological polar surface area (TPSA) is 106 Å². The van der Waals surface area contributed by atoms with Crippen molar-refractivity contribution in [1.29, 1.82) is 0 Å². The lowest BCUT2D eigenvalue weighted by atomic mass is 9.89. The summed E-state index contributed by atoms with van der Waals surface area (Å²) in [6, 6.07) is 19.5. The van der Waals surface area contributed by atoms with Gasteiger partial charge in [0.1, 0.15) is 17.3 Å². The first-order valence-electron chi connectivity index (χ1n) is 12.9. The van der Waals surface area contributed by atoms with Crippen molar-refractivity contribution in [3.8, 4) is 22.8 Å². The quantitative estimate of drug-likeness (QED) is 0.295. The van der Waals surface area contributed by atoms with E-state index >= 15 is 0 Å². The Kier molecular flexibility index (Phi) is 6.15. The van der Waals surface area contributed by atoms with Crippen molar-refractivity contribution in [3.05, 3.63) is 83.7 Å². The standard InChI is InChI=1S/C30H31N5O3/c1-37-21-12-11-19(24(16-21)38-2)17-35-23-10-6-9-22(23)28-26(30(35)36)29(33-20-7-4-3-5-8-20)27(34-28)18-13-14-32-25(31)15-18/h3-5,7-8,11-16,22-23,33-34H,6,9-10,17H2,1-2H3,(H2,31,32)/t22-,23+/m0/s1. The van der Waals surface area contributed by atoms with Crippen LogP contribution in [0.25, 0.3) is 11.3 Å². The number of fused-ring (bicyclic) bond motifs is 3. The van der Waals surface area contributed by atoms with Gasteiger partial charge in [-0.3, -0.25) is 4.79 Å². The number of pyridine rings is 1. The second kappa shape index (κ2) is 9.78. The minimum atomic E-state index is 0.00369. The Morgan fingerprint density at radius 2 is 1.92 bits per heavy atom. The number of methoxy groups -OCH3 is 2. The maximum absolute atomic E-state index is 14.4. The van der Waals surface area contributed by atoms with Crippen molar-refractivity contribution in [2.75, 3.05) is 25.3 Å². The predicted molar refractivity (Wildman–Crippen MR) is 148 cm³/mol. The molecule has 2 aromatic heterocycles. The summed E-state index contributed by atoms with van der Waals surface area (Å²) in [6.45, 7) is 0.458. The fourth-order valence-corrected chi connectivity index (χ4v) is 5.93. The van der Waals surface area contributed by atoms with Crippen LogP contribution in [0.2, 0.25) is 0 Å². The Balaban J connectivity index is 1.48. The SMILES string of the molecule is COc1ccc(CN2C(=O)c3c([nH]c(-c4ccnc(N)c4)c3Nc3ccccc3)[C@H]3CCC[C@H]32)c(OC)c1. The van der Waals surface area contributed by atoms with Crippen molar-refractivity contribution in [3.63, 3.8) is 0 Å². The number of aromatic nitrogens is 2. The summed E-state index contributed by atoms with van der Waals surface area (Å²) >= 11 is 0. The van der Waals surface area contributed by atoms with Crippen LogP contribution in [0.5, 0.6) is 11.5 Å². The third-order valence-electron chi connectivity index (χ3n) is 7.70. The Labute approximate surface area is 221 Å². The Morgan fingerprint density at radius 1 is 1.08 bits per heavy atom. The third kappa shape index (κ3) is 4.12. The molecule has 8 nitrogen and oxygen atoms in total. The normalized spacial score (nSPS) is 18.2. The number of anilines is 3. The molecule has 6 rings (SSSR count). The summed E-state index contributed by atoms with van der Waals surface area (Å²) in [5.74, 6) is 2.08. The Hall–Kier alpha value is -4.46. The van der Waals surface area contributed by atoms with Crippen LogP contribution >= 0.6 is 0 Å². The summed E-state index contributed by atoms with van der Waals surface area (Å²) in [5.41, 5.74) is 12.1. The van der Waals surface area contributed by atoms with Crippen LogP contribution in [-0.2, 0) is 6.54 Å². The van der Waals surface area contributed by atoms with Gasteiger partial charge in [0, 0.05) is 53.3 Å². The number of hydrogen-bond donors (Lipinski definition) is 3. The summed E-state index contributed by atoms with van der Waals surface area (Å²) < 4.78 is 11.0. The van der Waals surface area contributed by atoms with Crippen LogP contribution in [0.3, 0.4) is 0 Å². The number of hydrogen-bond acceptors (Lipinski definition) is 6. The highest BCUT2D eigenvalue weighted by Crippen LogP contribution is 2.49. The van der Waals surface area contributed by atoms with E-state index in [1.165, 1.54) is 0 Å². The lowest BCUT2D eigenvalue weighted by Crippen LogP contribution is -2.45. The number of para-hydroxylation sites is 1. The van der Waals surface area contributed by atoms with Crippen LogP contribution in [0.4, 0.5) is 17.2 Å². The summed E-state index contributed by atoms with van der Waals surface area (Å²) in [4.78, 5) is 24.2. The van der Waals surface area contributed by atoms with E-state index < -0.39 is 0 Å². The first-order valence-corrected chi connectivity index (χ1v) is 12.9. The molecule has 0 saturated heterocycles. The van der Waals surface area contributed by atoms with Crippen molar-refractivity contribution >= 4 is 23.1 Å². The van der Waals surface area contributed by atoms with E-state index in [-0.39, 0.29) is 17.9 Å². The highest BCUT2D eigenvalue weighted by atomic mass is 16.5. The minimum absolute atomic E-state index is 0.00369. The number of carbonyl (C=O) groups is 1. The van der Waals surface area contributed by atoms with Crippen molar-refractivity contribution in [2.24, 2.45) is 0 Å². The van der Waals surface area contributed by atoms with Gasteiger partial charge in [0.05, 0.1) is 31.2 Å². The zero-order chi connectivity index (χ0) is 26.2. The summed E-state index contributed by atoms with van der Waals surface area (Å²) in [5, 5.41) is 3.55. The first-order chi connectivity index (χ1) is 18.6. The average molecular weight is 510 g/mol. The van der Waals surface area contributed by atoms with Gasteiger partial charge in [0.2, 0.25) is 0 Å². The van der Waals surface area contributed by atoms with E-state index in [2.05, 4.69) is 15.3 Å². The van der Waals surface area contributed by atoms with Gasteiger partial charge in [-0.15, -0.1) is 0 Å². The maximum atomic E-state index is 14.4. The number of rotatable bonds is 7. The molecule has 2 aromatic carbocycles. The van der Waals surface area contributed by atoms with Crippen LogP contribution in [0, 0.1) is 0 Å². The molecule has 2 aliphatic rings. The lowest BCUT2D eigenvalue weighted by Gasteiger charge is -2.38. The van der Waals surface area contributed by atoms with Gasteiger partial charge >= 0.3 is 0 Å². The molecule has 0 spiro atoms. The molecule has 1 amide bonds. The summed E-state index contributed by atoms with van der Waals surface area (Å²) in [6.07, 6.45) is 4.74. The number of carbonyl (C=O) groups excluding carboxylic acids is 1. The zero-order valence-electron chi connectivity index (χ0n) is 21.5. The number of ether oxygens (including phenoxy) is 2. The molecule has 3 heterocycles. The second-order valence-electron chi connectivity index (χ2n) is 9.84. The molecule has 0 bridgehead atoms. The largest absolute Gasteiger partial charge is 0.497 e. The number of nitrogens with one attached hydrogen (secondary N) is 2. The minimum Gasteiger partial charge on any atom is -0.497 e. The number of H-pyrrole nitrogens is 1. The van der Waals surface area contributed by atoms with Gasteiger partial charge in [0.15, 0.2) is 0 Å². The second-order valence-corrected chi connectivity index (χ2v) is 9.84. The van der Waals surface area contributed by atoms with Gasteiger partial charge in [-0.2, -0.15) is 0 Å². The van der Waals surface area contributed by atoms with E-state index in [0.29, 0.717) is 23.7 Å². The molecule has 4 N–H and O–H groups in total. The molecular formula is C30H31N5O3. The van der Waals surface area contributed by atoms with Crippen LogP contribution in [-0.4, -0.2) is 41.0 Å². The van der Waals surface area contributed by atoms with Gasteiger partial charge in [0.25, 0.3) is 5.91 Å². The number of nitrogens with zero attached hydrogens (tertiary/aromatic N) is 2. The van der Waals surface area contributed by atoms with Crippen molar-refractivity contribution in [2.45, 2.75) is 37.8 Å². The molecule has 4 aromatic rings. The monoisotopic (exact) mass is 509 g/mol. The molecule has 0 unspecified atom stereocenters. The number of aromatic amines is 1. The fourth-order valence-electron chi connectivity index (χ4n) is 5.93. The fraction of sp³-hybridized carbons (Fsp3) is 0.267. The van der Waals surface area contributed by atoms with Gasteiger partial charge in [-0.05, 0) is 49.2 Å². The molecule has 1 aliphatic heterocycles. The van der Waals surface area contributed by atoms with Crippen molar-refractivity contribution in [1.82, 2.24) is 14.9 Å². The zero-order valence-corrected chi connectivity index (χ0v) is 21.5. The summed E-state index contributed by atoms with van der Waals surface area (Å²) in [7, 11) is 3.28. The van der Waals surface area contributed by atoms with E-state index in [4.69, 9.17) is 15.2 Å². The smallest absolute Gasteiger partial charge is 0.258 e. The molecular weight excluding hydrogens is 478 g/mol. The molecule has 0 radical (unpaired) electrons. The Bertz CT molecular complexity index is 1480. The predicted octanol–water partition coefficient (Wildman–Crippen LogP) is 5.71. The maximum Gasteiger partial charge on any atom is 0.258 e. The highest BCUT2D eigenvalue weighted by molar-refractivity contribution is 6.07. The molecule has 194 valence electrons. The van der Waals surface area contributed by atoms with E-state index in [0.717, 1.165) is 58.9 Å². The number of amides is 1. The van der Waals surface area contributed by atoms with Gasteiger partial charge in [-0.1, -0.05) is 24.6 Å². The highest BCUT2D eigenvalue weighted by Gasteiger charge is 2.45. The molecule has 8 heteroatoms.